The molecule has 0 amide bonds. The van der Waals surface area contributed by atoms with E-state index >= 15 is 0 Å². The molecule has 0 radical (unpaired) electrons. The van der Waals surface area contributed by atoms with Gasteiger partial charge in [-0.3, -0.25) is 4.98 Å². The molecule has 0 saturated heterocycles. The van der Waals surface area contributed by atoms with E-state index in [0.717, 1.165) is 33.7 Å². The Morgan fingerprint density at radius 1 is 0.370 bits per heavy atom. The molecule has 7 aromatic carbocycles. The summed E-state index contributed by atoms with van der Waals surface area (Å²) < 4.78 is 4.76. The first-order valence-corrected chi connectivity index (χ1v) is 18.4. The molecule has 0 fully saturated rings. The van der Waals surface area contributed by atoms with Crippen molar-refractivity contribution in [2.45, 2.75) is 0 Å². The van der Waals surface area contributed by atoms with Gasteiger partial charge in [-0.25, -0.2) is 4.98 Å². The van der Waals surface area contributed by atoms with Crippen molar-refractivity contribution in [2.75, 3.05) is 0 Å². The Labute approximate surface area is 310 Å². The smallest absolute Gasteiger partial charge is 0.0787 e. The number of nitrogens with zero attached hydrogens (tertiary/aromatic N) is 4. The van der Waals surface area contributed by atoms with Crippen LogP contribution in [0.5, 0.6) is 0 Å². The molecule has 1 aliphatic rings. The van der Waals surface area contributed by atoms with Crippen molar-refractivity contribution in [1.29, 1.82) is 0 Å². The first-order chi connectivity index (χ1) is 26.8. The van der Waals surface area contributed by atoms with Gasteiger partial charge in [-0.1, -0.05) is 91.0 Å². The van der Waals surface area contributed by atoms with E-state index in [1.807, 2.05) is 12.3 Å². The predicted octanol–water partition coefficient (Wildman–Crippen LogP) is 12.8. The number of hydrogen-bond donors (Lipinski definition) is 0. The molecule has 12 rings (SSSR count). The van der Waals surface area contributed by atoms with Crippen LogP contribution in [0.15, 0.2) is 182 Å². The number of hydrogen-bond acceptors (Lipinski definition) is 2. The summed E-state index contributed by atoms with van der Waals surface area (Å²) in [4.78, 5) is 10.0. The second-order valence-corrected chi connectivity index (χ2v) is 14.2. The number of aromatic nitrogens is 4. The van der Waals surface area contributed by atoms with Gasteiger partial charge in [0.15, 0.2) is 0 Å². The summed E-state index contributed by atoms with van der Waals surface area (Å²) in [5.41, 5.74) is 17.1. The van der Waals surface area contributed by atoms with Gasteiger partial charge in [0, 0.05) is 61.2 Å². The maximum absolute atomic E-state index is 5.25. The van der Waals surface area contributed by atoms with Crippen molar-refractivity contribution >= 4 is 54.5 Å². The van der Waals surface area contributed by atoms with Crippen LogP contribution in [0.2, 0.25) is 0 Å². The fourth-order valence-corrected chi connectivity index (χ4v) is 8.91. The molecule has 4 nitrogen and oxygen atoms in total. The van der Waals surface area contributed by atoms with Crippen molar-refractivity contribution in [1.82, 2.24) is 19.1 Å². The van der Waals surface area contributed by atoms with Crippen molar-refractivity contribution < 1.29 is 0 Å². The lowest BCUT2D eigenvalue weighted by Gasteiger charge is -2.09. The van der Waals surface area contributed by atoms with E-state index in [0.29, 0.717) is 0 Å². The van der Waals surface area contributed by atoms with Gasteiger partial charge in [0.25, 0.3) is 0 Å². The summed E-state index contributed by atoms with van der Waals surface area (Å²) in [5.74, 6) is 0. The third-order valence-corrected chi connectivity index (χ3v) is 11.3. The van der Waals surface area contributed by atoms with Crippen molar-refractivity contribution in [2.24, 2.45) is 0 Å². The highest BCUT2D eigenvalue weighted by Crippen LogP contribution is 2.47. The fourth-order valence-electron chi connectivity index (χ4n) is 8.91. The zero-order valence-electron chi connectivity index (χ0n) is 29.1. The minimum absolute atomic E-state index is 0.963. The average molecular weight is 687 g/mol. The van der Waals surface area contributed by atoms with Crippen LogP contribution in [0.25, 0.3) is 111 Å². The average Bonchev–Trinajstić information content (AvgIpc) is 3.87. The highest BCUT2D eigenvalue weighted by molar-refractivity contribution is 6.15. The third kappa shape index (κ3) is 4.13. The topological polar surface area (TPSA) is 35.6 Å². The molecule has 0 N–H and O–H groups in total. The molecule has 0 spiro atoms. The fraction of sp³-hybridized carbons (Fsp3) is 0. The van der Waals surface area contributed by atoms with Crippen molar-refractivity contribution in [3.05, 3.63) is 182 Å². The van der Waals surface area contributed by atoms with E-state index < -0.39 is 0 Å². The van der Waals surface area contributed by atoms with Gasteiger partial charge < -0.3 is 9.13 Å². The minimum atomic E-state index is 0.963. The molecular weight excluding hydrogens is 657 g/mol. The lowest BCUT2D eigenvalue weighted by molar-refractivity contribution is 1.18. The van der Waals surface area contributed by atoms with E-state index in [4.69, 9.17) is 9.97 Å². The Hall–Kier alpha value is -7.30. The minimum Gasteiger partial charge on any atom is -0.309 e. The number of fused-ring (bicyclic) bond motifs is 9. The Morgan fingerprint density at radius 2 is 0.926 bits per heavy atom. The zero-order valence-corrected chi connectivity index (χ0v) is 29.1. The zero-order chi connectivity index (χ0) is 35.3. The number of rotatable bonds is 4. The predicted molar refractivity (Wildman–Crippen MR) is 224 cm³/mol. The van der Waals surface area contributed by atoms with Crippen LogP contribution >= 0.6 is 0 Å². The van der Waals surface area contributed by atoms with E-state index in [1.54, 1.807) is 0 Å². The van der Waals surface area contributed by atoms with Gasteiger partial charge in [0.1, 0.15) is 0 Å². The van der Waals surface area contributed by atoms with Crippen LogP contribution in [-0.4, -0.2) is 19.1 Å². The van der Waals surface area contributed by atoms with Gasteiger partial charge in [-0.05, 0) is 102 Å². The molecule has 4 heterocycles. The highest BCUT2D eigenvalue weighted by Gasteiger charge is 2.24. The van der Waals surface area contributed by atoms with Crippen molar-refractivity contribution in [3.63, 3.8) is 0 Å². The summed E-state index contributed by atoms with van der Waals surface area (Å²) >= 11 is 0. The number of para-hydroxylation sites is 3. The second kappa shape index (κ2) is 11.1. The molecule has 0 unspecified atom stereocenters. The maximum Gasteiger partial charge on any atom is 0.0787 e. The molecule has 0 aliphatic heterocycles. The second-order valence-electron chi connectivity index (χ2n) is 14.2. The maximum atomic E-state index is 5.25. The summed E-state index contributed by atoms with van der Waals surface area (Å²) in [6.07, 6.45) is 1.88. The molecule has 11 aromatic rings. The SMILES string of the molecule is c1ccc(-n2c3ccccc3c3cc(-c4ccc5c(c4)c4cc(-c6cc7c8c(cccc8n6)-c6ncccc6-7)ccc4n5-c4ccccc4)ccc32)cc1. The normalized spacial score (nSPS) is 12.1. The van der Waals surface area contributed by atoms with Gasteiger partial charge in [-0.2, -0.15) is 0 Å². The van der Waals surface area contributed by atoms with Crippen LogP contribution in [0.4, 0.5) is 0 Å². The van der Waals surface area contributed by atoms with E-state index in [-0.39, 0.29) is 0 Å². The Morgan fingerprint density at radius 3 is 1.61 bits per heavy atom. The molecule has 4 aromatic heterocycles. The Kier molecular flexibility index (Phi) is 6.02. The highest BCUT2D eigenvalue weighted by atomic mass is 15.0. The Bertz CT molecular complexity index is 3320. The van der Waals surface area contributed by atoms with Gasteiger partial charge >= 0.3 is 0 Å². The Balaban J connectivity index is 1.07. The number of benzene rings is 7. The van der Waals surface area contributed by atoms with E-state index in [1.165, 1.54) is 76.9 Å². The van der Waals surface area contributed by atoms with Gasteiger partial charge in [-0.15, -0.1) is 0 Å². The van der Waals surface area contributed by atoms with E-state index in [2.05, 4.69) is 179 Å². The van der Waals surface area contributed by atoms with Crippen LogP contribution in [0.1, 0.15) is 0 Å². The molecule has 1 aliphatic carbocycles. The van der Waals surface area contributed by atoms with Crippen LogP contribution in [0, 0.1) is 0 Å². The lowest BCUT2D eigenvalue weighted by Crippen LogP contribution is -1.93. The molecule has 0 bridgehead atoms. The monoisotopic (exact) mass is 686 g/mol. The quantitative estimate of drug-likeness (QED) is 0.185. The van der Waals surface area contributed by atoms with Crippen LogP contribution < -0.4 is 0 Å². The molecule has 0 atom stereocenters. The van der Waals surface area contributed by atoms with Crippen LogP contribution in [0.3, 0.4) is 0 Å². The molecule has 54 heavy (non-hydrogen) atoms. The standard InChI is InChI=1S/C50H30N4/c1-3-11-34(12-4-1)53-45-19-8-7-15-36(45)39-27-31(20-23-46(39)53)32-21-24-47-40(28-32)41-29-33(22-25-48(41)54(47)35-13-5-2-6-14-35)44-30-42-37-17-10-26-51-50(37)38-16-9-18-43(52-44)49(38)42/h1-30H. The summed E-state index contributed by atoms with van der Waals surface area (Å²) in [6, 6.07) is 63.5. The first kappa shape index (κ1) is 29.3. The molecule has 250 valence electrons. The number of pyridine rings is 2. The first-order valence-electron chi connectivity index (χ1n) is 18.4. The summed E-state index contributed by atoms with van der Waals surface area (Å²) in [5, 5.41) is 6.09. The van der Waals surface area contributed by atoms with Gasteiger partial charge in [0.2, 0.25) is 0 Å². The third-order valence-electron chi connectivity index (χ3n) is 11.3. The van der Waals surface area contributed by atoms with Crippen LogP contribution in [-0.2, 0) is 0 Å². The lowest BCUT2D eigenvalue weighted by atomic mass is 9.99. The summed E-state index contributed by atoms with van der Waals surface area (Å²) in [7, 11) is 0. The largest absolute Gasteiger partial charge is 0.309 e. The van der Waals surface area contributed by atoms with E-state index in [9.17, 15) is 0 Å². The molecule has 4 heteroatoms. The van der Waals surface area contributed by atoms with Gasteiger partial charge in [0.05, 0.1) is 39.0 Å². The molecule has 0 saturated carbocycles. The molecular formula is C50H30N4. The summed E-state index contributed by atoms with van der Waals surface area (Å²) in [6.45, 7) is 0. The van der Waals surface area contributed by atoms with Crippen molar-refractivity contribution in [3.8, 4) is 56.1 Å².